The molecule has 1 unspecified atom stereocenters. The molecule has 0 aliphatic heterocycles. The van der Waals surface area contributed by atoms with E-state index in [1.165, 1.54) is 0 Å². The molecule has 7 heteroatoms. The van der Waals surface area contributed by atoms with Gasteiger partial charge in [0.25, 0.3) is 0 Å². The van der Waals surface area contributed by atoms with E-state index in [9.17, 15) is 8.42 Å². The zero-order valence-electron chi connectivity index (χ0n) is 14.8. The molecule has 0 saturated heterocycles. The molecule has 5 nitrogen and oxygen atoms in total. The minimum absolute atomic E-state index is 0.110. The number of nitrogens with one attached hydrogen (secondary N) is 1. The van der Waals surface area contributed by atoms with Crippen molar-refractivity contribution in [3.8, 4) is 5.75 Å². The fourth-order valence-electron chi connectivity index (χ4n) is 2.50. The van der Waals surface area contributed by atoms with E-state index in [0.717, 1.165) is 21.3 Å². The van der Waals surface area contributed by atoms with Crippen LogP contribution in [-0.4, -0.2) is 41.1 Å². The molecule has 0 saturated carbocycles. The highest BCUT2D eigenvalue weighted by atomic mass is 79.9. The maximum atomic E-state index is 12.6. The van der Waals surface area contributed by atoms with Crippen LogP contribution in [0.2, 0.25) is 0 Å². The first-order chi connectivity index (χ1) is 11.7. The van der Waals surface area contributed by atoms with Gasteiger partial charge in [0.05, 0.1) is 12.0 Å². The number of methoxy groups -OCH3 is 1. The molecular weight excluding hydrogens is 404 g/mol. The molecule has 2 aromatic carbocycles. The van der Waals surface area contributed by atoms with Crippen molar-refractivity contribution in [3.63, 3.8) is 0 Å². The molecule has 25 heavy (non-hydrogen) atoms. The van der Waals surface area contributed by atoms with Gasteiger partial charge in [0.1, 0.15) is 5.75 Å². The molecule has 1 N–H and O–H groups in total. The van der Waals surface area contributed by atoms with Gasteiger partial charge in [-0.3, -0.25) is 0 Å². The van der Waals surface area contributed by atoms with Gasteiger partial charge in [0, 0.05) is 17.1 Å². The lowest BCUT2D eigenvalue weighted by atomic mass is 10.1. The second kappa shape index (κ2) is 8.31. The minimum Gasteiger partial charge on any atom is -0.497 e. The van der Waals surface area contributed by atoms with Crippen LogP contribution in [0.15, 0.2) is 51.8 Å². The lowest BCUT2D eigenvalue weighted by Gasteiger charge is -2.25. The first kappa shape index (κ1) is 19.9. The van der Waals surface area contributed by atoms with Crippen molar-refractivity contribution in [1.29, 1.82) is 0 Å². The predicted octanol–water partition coefficient (Wildman–Crippen LogP) is 3.35. The number of sulfonamides is 1. The van der Waals surface area contributed by atoms with Crippen molar-refractivity contribution in [3.05, 3.63) is 58.1 Å². The fourth-order valence-corrected chi connectivity index (χ4v) is 3.87. The van der Waals surface area contributed by atoms with Crippen molar-refractivity contribution in [1.82, 2.24) is 9.62 Å². The zero-order chi connectivity index (χ0) is 18.6. The van der Waals surface area contributed by atoms with Gasteiger partial charge in [0.2, 0.25) is 10.0 Å². The second-order valence-electron chi connectivity index (χ2n) is 6.02. The number of likely N-dealkylation sites (N-methyl/N-ethyl adjacent to an activating group) is 1. The van der Waals surface area contributed by atoms with E-state index in [2.05, 4.69) is 20.7 Å². The third kappa shape index (κ3) is 5.04. The Balaban J connectivity index is 2.21. The number of aryl methyl sites for hydroxylation is 1. The summed E-state index contributed by atoms with van der Waals surface area (Å²) in [4.78, 5) is 2.24. The van der Waals surface area contributed by atoms with Crippen molar-refractivity contribution < 1.29 is 13.2 Å². The van der Waals surface area contributed by atoms with E-state index in [-0.39, 0.29) is 17.5 Å². The van der Waals surface area contributed by atoms with Gasteiger partial charge in [-0.1, -0.05) is 28.1 Å². The first-order valence-electron chi connectivity index (χ1n) is 7.81. The maximum absolute atomic E-state index is 12.6. The summed E-state index contributed by atoms with van der Waals surface area (Å²) in [6, 6.07) is 12.5. The summed E-state index contributed by atoms with van der Waals surface area (Å²) >= 11 is 3.39. The molecular formula is C18H23BrN2O3S. The zero-order valence-corrected chi connectivity index (χ0v) is 17.2. The van der Waals surface area contributed by atoms with E-state index in [1.54, 1.807) is 25.3 Å². The lowest BCUT2D eigenvalue weighted by Crippen LogP contribution is -2.34. The second-order valence-corrected chi connectivity index (χ2v) is 8.64. The quantitative estimate of drug-likeness (QED) is 0.737. The Labute approximate surface area is 158 Å². The van der Waals surface area contributed by atoms with Crippen molar-refractivity contribution in [2.45, 2.75) is 17.9 Å². The molecule has 2 aromatic rings. The van der Waals surface area contributed by atoms with E-state index < -0.39 is 10.0 Å². The van der Waals surface area contributed by atoms with Crippen LogP contribution in [0.4, 0.5) is 0 Å². The molecule has 0 aliphatic carbocycles. The van der Waals surface area contributed by atoms with Gasteiger partial charge in [-0.25, -0.2) is 13.1 Å². The molecule has 2 rings (SSSR count). The van der Waals surface area contributed by atoms with Crippen LogP contribution in [-0.2, 0) is 10.0 Å². The Bertz CT molecular complexity index is 838. The van der Waals surface area contributed by atoms with E-state index in [4.69, 9.17) is 4.74 Å². The van der Waals surface area contributed by atoms with Crippen molar-refractivity contribution in [2.24, 2.45) is 0 Å². The third-order valence-electron chi connectivity index (χ3n) is 4.01. The molecule has 0 bridgehead atoms. The third-order valence-corrected chi connectivity index (χ3v) is 6.32. The summed E-state index contributed by atoms with van der Waals surface area (Å²) in [5.74, 6) is 0.746. The summed E-state index contributed by atoms with van der Waals surface area (Å²) < 4.78 is 34.1. The highest BCUT2D eigenvalue weighted by Crippen LogP contribution is 2.24. The molecule has 0 heterocycles. The van der Waals surface area contributed by atoms with Crippen LogP contribution in [0.25, 0.3) is 0 Å². The standard InChI is InChI=1S/C18H23BrN2O3S/c1-13-10-16(8-9-17(13)19)25(22,23)20-12-18(21(2)3)14-6-5-7-15(11-14)24-4/h5-11,18,20H,12H2,1-4H3. The number of halogens is 1. The summed E-state index contributed by atoms with van der Waals surface area (Å²) in [5, 5.41) is 0. The fraction of sp³-hybridized carbons (Fsp3) is 0.333. The number of rotatable bonds is 7. The Hall–Kier alpha value is -1.41. The summed E-state index contributed by atoms with van der Waals surface area (Å²) in [7, 11) is 1.87. The topological polar surface area (TPSA) is 58.6 Å². The van der Waals surface area contributed by atoms with Crippen molar-refractivity contribution >= 4 is 26.0 Å². The number of hydrogen-bond donors (Lipinski definition) is 1. The summed E-state index contributed by atoms with van der Waals surface area (Å²) in [6.45, 7) is 2.12. The minimum atomic E-state index is -3.58. The molecule has 0 spiro atoms. The van der Waals surface area contributed by atoms with Gasteiger partial charge in [0.15, 0.2) is 0 Å². The molecule has 0 fully saturated rings. The number of benzene rings is 2. The SMILES string of the molecule is COc1cccc(C(CNS(=O)(=O)c2ccc(Br)c(C)c2)N(C)C)c1. The molecule has 0 amide bonds. The summed E-state index contributed by atoms with van der Waals surface area (Å²) in [6.07, 6.45) is 0. The lowest BCUT2D eigenvalue weighted by molar-refractivity contribution is 0.298. The van der Waals surface area contributed by atoms with Crippen LogP contribution < -0.4 is 9.46 Å². The molecule has 0 aliphatic rings. The van der Waals surface area contributed by atoms with Crippen LogP contribution in [0.5, 0.6) is 5.75 Å². The van der Waals surface area contributed by atoms with E-state index >= 15 is 0 Å². The number of hydrogen-bond acceptors (Lipinski definition) is 4. The first-order valence-corrected chi connectivity index (χ1v) is 10.1. The largest absolute Gasteiger partial charge is 0.497 e. The van der Waals surface area contributed by atoms with Crippen LogP contribution in [0.1, 0.15) is 17.2 Å². The number of nitrogens with zero attached hydrogens (tertiary/aromatic N) is 1. The number of ether oxygens (including phenoxy) is 1. The van der Waals surface area contributed by atoms with Gasteiger partial charge in [-0.15, -0.1) is 0 Å². The Morgan fingerprint density at radius 2 is 1.92 bits per heavy atom. The molecule has 1 atom stereocenters. The van der Waals surface area contributed by atoms with Crippen LogP contribution in [0.3, 0.4) is 0 Å². The van der Waals surface area contributed by atoms with E-state index in [1.807, 2.05) is 50.2 Å². The van der Waals surface area contributed by atoms with Crippen molar-refractivity contribution in [2.75, 3.05) is 27.7 Å². The maximum Gasteiger partial charge on any atom is 0.240 e. The Morgan fingerprint density at radius 3 is 2.52 bits per heavy atom. The molecule has 0 radical (unpaired) electrons. The highest BCUT2D eigenvalue weighted by molar-refractivity contribution is 9.10. The summed E-state index contributed by atoms with van der Waals surface area (Å²) in [5.41, 5.74) is 1.86. The van der Waals surface area contributed by atoms with Crippen LogP contribution in [0, 0.1) is 6.92 Å². The Morgan fingerprint density at radius 1 is 1.20 bits per heavy atom. The average Bonchev–Trinajstić information content (AvgIpc) is 2.57. The highest BCUT2D eigenvalue weighted by Gasteiger charge is 2.20. The van der Waals surface area contributed by atoms with Gasteiger partial charge >= 0.3 is 0 Å². The van der Waals surface area contributed by atoms with E-state index in [0.29, 0.717) is 0 Å². The Kier molecular flexibility index (Phi) is 6.62. The average molecular weight is 427 g/mol. The van der Waals surface area contributed by atoms with Gasteiger partial charge in [-0.2, -0.15) is 0 Å². The molecule has 136 valence electrons. The van der Waals surface area contributed by atoms with Gasteiger partial charge < -0.3 is 9.64 Å². The molecule has 0 aromatic heterocycles. The monoisotopic (exact) mass is 426 g/mol. The normalized spacial score (nSPS) is 13.0. The smallest absolute Gasteiger partial charge is 0.240 e. The predicted molar refractivity (Wildman–Crippen MR) is 103 cm³/mol. The van der Waals surface area contributed by atoms with Crippen LogP contribution >= 0.6 is 15.9 Å². The van der Waals surface area contributed by atoms with Gasteiger partial charge in [-0.05, 0) is 62.5 Å².